The fourth-order valence-corrected chi connectivity index (χ4v) is 3.23. The van der Waals surface area contributed by atoms with Crippen LogP contribution in [0.3, 0.4) is 0 Å². The summed E-state index contributed by atoms with van der Waals surface area (Å²) in [5, 5.41) is 10.8. The Morgan fingerprint density at radius 3 is 2.44 bits per heavy atom. The summed E-state index contributed by atoms with van der Waals surface area (Å²) < 4.78 is 22.7. The third-order valence-corrected chi connectivity index (χ3v) is 4.27. The van der Waals surface area contributed by atoms with Gasteiger partial charge in [-0.2, -0.15) is 0 Å². The third kappa shape index (κ3) is 2.83. The summed E-state index contributed by atoms with van der Waals surface area (Å²) in [5.41, 5.74) is 0.295. The van der Waals surface area contributed by atoms with Crippen molar-refractivity contribution in [3.05, 3.63) is 31.4 Å². The molecule has 0 N–H and O–H groups in total. The highest BCUT2D eigenvalue weighted by atomic mass is 127. The van der Waals surface area contributed by atoms with E-state index in [1.54, 1.807) is 6.92 Å². The molecule has 0 saturated heterocycles. The summed E-state index contributed by atoms with van der Waals surface area (Å²) in [6.45, 7) is 1.76. The van der Waals surface area contributed by atoms with E-state index in [2.05, 4.69) is 0 Å². The number of benzene rings is 1. The number of halogens is 2. The van der Waals surface area contributed by atoms with Gasteiger partial charge in [-0.3, -0.25) is 10.1 Å². The molecule has 0 fully saturated rings. The molecule has 0 radical (unpaired) electrons. The standard InChI is InChI=1S/C8H7ClINO4S/c1-2-6-7(10)3-5(16(9,14)15)4-8(6)11(12)13/h3-4H,2H2,1H3. The molecule has 0 aliphatic carbocycles. The topological polar surface area (TPSA) is 77.3 Å². The van der Waals surface area contributed by atoms with Crippen LogP contribution in [0.2, 0.25) is 0 Å². The average Bonchev–Trinajstić information content (AvgIpc) is 2.14. The van der Waals surface area contributed by atoms with Gasteiger partial charge in [0.1, 0.15) is 0 Å². The van der Waals surface area contributed by atoms with Crippen LogP contribution in [-0.4, -0.2) is 13.3 Å². The van der Waals surface area contributed by atoms with Gasteiger partial charge in [-0.05, 0) is 35.1 Å². The Morgan fingerprint density at radius 1 is 1.50 bits per heavy atom. The highest BCUT2D eigenvalue weighted by Crippen LogP contribution is 2.29. The largest absolute Gasteiger partial charge is 0.274 e. The molecule has 0 atom stereocenters. The molecule has 0 aromatic heterocycles. The first-order valence-electron chi connectivity index (χ1n) is 4.18. The molecule has 0 bridgehead atoms. The minimum Gasteiger partial charge on any atom is -0.258 e. The zero-order valence-corrected chi connectivity index (χ0v) is 11.8. The maximum Gasteiger partial charge on any atom is 0.274 e. The number of hydrogen-bond acceptors (Lipinski definition) is 4. The highest BCUT2D eigenvalue weighted by Gasteiger charge is 2.21. The van der Waals surface area contributed by atoms with Crippen LogP contribution >= 0.6 is 33.3 Å². The van der Waals surface area contributed by atoms with Crippen LogP contribution in [0.5, 0.6) is 0 Å². The second-order valence-corrected chi connectivity index (χ2v) is 6.68. The zero-order chi connectivity index (χ0) is 12.5. The van der Waals surface area contributed by atoms with Crippen LogP contribution in [0.4, 0.5) is 5.69 Å². The molecule has 0 spiro atoms. The minimum atomic E-state index is -3.94. The third-order valence-electron chi connectivity index (χ3n) is 1.98. The molecule has 88 valence electrons. The molecule has 16 heavy (non-hydrogen) atoms. The zero-order valence-electron chi connectivity index (χ0n) is 8.11. The fraction of sp³-hybridized carbons (Fsp3) is 0.250. The Kier molecular flexibility index (Phi) is 4.13. The van der Waals surface area contributed by atoms with E-state index in [1.807, 2.05) is 22.6 Å². The number of nitro benzene ring substituents is 1. The van der Waals surface area contributed by atoms with Gasteiger partial charge in [-0.15, -0.1) is 0 Å². The Bertz CT molecular complexity index is 543. The van der Waals surface area contributed by atoms with Crippen LogP contribution in [-0.2, 0) is 15.5 Å². The average molecular weight is 376 g/mol. The number of rotatable bonds is 3. The van der Waals surface area contributed by atoms with Crippen molar-refractivity contribution in [2.75, 3.05) is 0 Å². The summed E-state index contributed by atoms with van der Waals surface area (Å²) in [4.78, 5) is 9.92. The molecule has 0 heterocycles. The molecule has 0 aliphatic rings. The summed E-state index contributed by atoms with van der Waals surface area (Å²) in [6, 6.07) is 2.32. The smallest absolute Gasteiger partial charge is 0.258 e. The molecular formula is C8H7ClINO4S. The minimum absolute atomic E-state index is 0.214. The van der Waals surface area contributed by atoms with Crippen molar-refractivity contribution in [3.63, 3.8) is 0 Å². The maximum absolute atomic E-state index is 11.1. The van der Waals surface area contributed by atoms with E-state index < -0.39 is 14.0 Å². The van der Waals surface area contributed by atoms with E-state index in [1.165, 1.54) is 6.07 Å². The van der Waals surface area contributed by atoms with Gasteiger partial charge in [-0.25, -0.2) is 8.42 Å². The van der Waals surface area contributed by atoms with Gasteiger partial charge in [0.2, 0.25) is 0 Å². The lowest BCUT2D eigenvalue weighted by Gasteiger charge is -2.05. The van der Waals surface area contributed by atoms with E-state index in [9.17, 15) is 18.5 Å². The molecule has 0 aliphatic heterocycles. The molecule has 5 nitrogen and oxygen atoms in total. The van der Waals surface area contributed by atoms with Gasteiger partial charge < -0.3 is 0 Å². The van der Waals surface area contributed by atoms with Crippen molar-refractivity contribution in [1.82, 2.24) is 0 Å². The molecule has 8 heteroatoms. The molecule has 1 aromatic carbocycles. The first-order valence-corrected chi connectivity index (χ1v) is 7.57. The Labute approximate surface area is 111 Å². The van der Waals surface area contributed by atoms with Crippen LogP contribution in [0.15, 0.2) is 17.0 Å². The molecule has 1 aromatic rings. The monoisotopic (exact) mass is 375 g/mol. The second kappa shape index (κ2) is 4.84. The molecule has 0 unspecified atom stereocenters. The summed E-state index contributed by atoms with van der Waals surface area (Å²) >= 11 is 1.86. The van der Waals surface area contributed by atoms with Crippen molar-refractivity contribution >= 4 is 48.0 Å². The van der Waals surface area contributed by atoms with Crippen molar-refractivity contribution in [2.45, 2.75) is 18.2 Å². The van der Waals surface area contributed by atoms with E-state index in [0.717, 1.165) is 6.07 Å². The van der Waals surface area contributed by atoms with Crippen LogP contribution in [0, 0.1) is 13.7 Å². The first-order chi connectivity index (χ1) is 7.27. The van der Waals surface area contributed by atoms with Crippen molar-refractivity contribution in [3.8, 4) is 0 Å². The normalized spacial score (nSPS) is 11.4. The fourth-order valence-electron chi connectivity index (χ4n) is 1.25. The van der Waals surface area contributed by atoms with Gasteiger partial charge in [0.05, 0.1) is 9.82 Å². The second-order valence-electron chi connectivity index (χ2n) is 2.95. The van der Waals surface area contributed by atoms with Crippen molar-refractivity contribution < 1.29 is 13.3 Å². The van der Waals surface area contributed by atoms with Gasteiger partial charge in [0, 0.05) is 25.9 Å². The van der Waals surface area contributed by atoms with E-state index >= 15 is 0 Å². The van der Waals surface area contributed by atoms with Crippen LogP contribution in [0.25, 0.3) is 0 Å². The number of hydrogen-bond donors (Lipinski definition) is 0. The van der Waals surface area contributed by atoms with Gasteiger partial charge >= 0.3 is 0 Å². The molecular weight excluding hydrogens is 369 g/mol. The predicted molar refractivity (Wildman–Crippen MR) is 68.2 cm³/mol. The SMILES string of the molecule is CCc1c(I)cc(S(=O)(=O)Cl)cc1[N+](=O)[O-]. The molecule has 0 amide bonds. The number of nitrogens with zero attached hydrogens (tertiary/aromatic N) is 1. The number of nitro groups is 1. The lowest BCUT2D eigenvalue weighted by atomic mass is 10.1. The van der Waals surface area contributed by atoms with E-state index in [-0.39, 0.29) is 10.6 Å². The van der Waals surface area contributed by atoms with Crippen LogP contribution < -0.4 is 0 Å². The summed E-state index contributed by atoms with van der Waals surface area (Å²) in [6.07, 6.45) is 0.456. The van der Waals surface area contributed by atoms with Crippen molar-refractivity contribution in [1.29, 1.82) is 0 Å². The maximum atomic E-state index is 11.1. The Morgan fingerprint density at radius 2 is 2.06 bits per heavy atom. The highest BCUT2D eigenvalue weighted by molar-refractivity contribution is 14.1. The molecule has 0 saturated carbocycles. The Balaban J connectivity index is 3.59. The summed E-state index contributed by atoms with van der Waals surface area (Å²) in [7, 11) is 1.21. The van der Waals surface area contributed by atoms with Gasteiger partial charge in [0.25, 0.3) is 14.7 Å². The quantitative estimate of drug-likeness (QED) is 0.352. The van der Waals surface area contributed by atoms with E-state index in [4.69, 9.17) is 10.7 Å². The van der Waals surface area contributed by atoms with E-state index in [0.29, 0.717) is 15.6 Å². The lowest BCUT2D eigenvalue weighted by Crippen LogP contribution is -2.01. The Hall–Kier alpha value is -0.410. The van der Waals surface area contributed by atoms with Gasteiger partial charge in [0.15, 0.2) is 0 Å². The van der Waals surface area contributed by atoms with Gasteiger partial charge in [-0.1, -0.05) is 6.92 Å². The lowest BCUT2D eigenvalue weighted by molar-refractivity contribution is -0.385. The summed E-state index contributed by atoms with van der Waals surface area (Å²) in [5.74, 6) is 0. The first kappa shape index (κ1) is 13.7. The van der Waals surface area contributed by atoms with Crippen LogP contribution in [0.1, 0.15) is 12.5 Å². The van der Waals surface area contributed by atoms with Crippen molar-refractivity contribution in [2.24, 2.45) is 0 Å². The predicted octanol–water partition coefficient (Wildman–Crippen LogP) is 2.69. The molecule has 1 rings (SSSR count).